The Morgan fingerprint density at radius 2 is 1.66 bits per heavy atom. The SMILES string of the molecule is CC(C)n1nc(-c2noc(C3CC3)c2-c2ncc(C3CCN(C(=O)CCCCCCCN4CCN(c5ccc(N[C@H]6CCC(=O)NC6=O)cc5F)CC4)CC3)cn2)c2c(N)ncnc21. The molecule has 4 aliphatic rings. The second-order valence-corrected chi connectivity index (χ2v) is 18.0. The number of nitrogens with one attached hydrogen (secondary N) is 2. The minimum absolute atomic E-state index is 0.0402. The molecule has 4 fully saturated rings. The molecule has 18 heteroatoms. The number of piperidine rings is 2. The number of carbonyl (C=O) groups is 3. The van der Waals surface area contributed by atoms with Crippen molar-refractivity contribution in [3.63, 3.8) is 0 Å². The minimum Gasteiger partial charge on any atom is -0.383 e. The van der Waals surface area contributed by atoms with Gasteiger partial charge in [-0.05, 0) is 95.0 Å². The molecular weight excluding hydrogens is 818 g/mol. The average molecular weight is 876 g/mol. The third-order valence-electron chi connectivity index (χ3n) is 13.2. The van der Waals surface area contributed by atoms with E-state index in [0.717, 1.165) is 120 Å². The van der Waals surface area contributed by atoms with Crippen molar-refractivity contribution in [3.05, 3.63) is 54.1 Å². The summed E-state index contributed by atoms with van der Waals surface area (Å²) >= 11 is 0. The molecule has 3 amide bonds. The number of fused-ring (bicyclic) bond motifs is 1. The maximum atomic E-state index is 15.1. The van der Waals surface area contributed by atoms with Crippen molar-refractivity contribution >= 4 is 45.9 Å². The van der Waals surface area contributed by atoms with E-state index in [4.69, 9.17) is 25.3 Å². The number of imide groups is 1. The lowest BCUT2D eigenvalue weighted by molar-refractivity contribution is -0.134. The summed E-state index contributed by atoms with van der Waals surface area (Å²) in [6.07, 6.45) is 15.6. The van der Waals surface area contributed by atoms with Gasteiger partial charge in [-0.3, -0.25) is 24.6 Å². The lowest BCUT2D eigenvalue weighted by Crippen LogP contribution is -2.47. The van der Waals surface area contributed by atoms with Crippen LogP contribution < -0.4 is 21.3 Å². The van der Waals surface area contributed by atoms with Crippen molar-refractivity contribution in [2.24, 2.45) is 0 Å². The number of piperazine rings is 1. The van der Waals surface area contributed by atoms with Gasteiger partial charge in [-0.25, -0.2) is 29.0 Å². The standard InChI is InChI=1S/C46H58FN13O4/c1-28(2)60-45-39(43(48)51-27-52-45)40(55-60)41-38(42(64-56-41)30-9-10-30)44-49-25-31(26-50-44)29-15-18-59(19-16-29)37(62)8-6-4-3-5-7-17-57-20-22-58(23-21-57)35-13-11-32(24-33(35)47)53-34-12-14-36(61)54-46(34)63/h11,13,24-30,34,53H,3-10,12,14-23H2,1-2H3,(H2,48,51,52)(H,54,61,63)/t34-/m0/s1. The lowest BCUT2D eigenvalue weighted by Gasteiger charge is -2.36. The van der Waals surface area contributed by atoms with Gasteiger partial charge in [0.1, 0.15) is 35.4 Å². The smallest absolute Gasteiger partial charge is 0.249 e. The quantitative estimate of drug-likeness (QED) is 0.0746. The highest BCUT2D eigenvalue weighted by atomic mass is 19.1. The van der Waals surface area contributed by atoms with Crippen molar-refractivity contribution in [2.75, 3.05) is 61.8 Å². The van der Waals surface area contributed by atoms with E-state index in [-0.39, 0.29) is 47.8 Å². The summed E-state index contributed by atoms with van der Waals surface area (Å²) in [7, 11) is 0. The number of nitrogens with two attached hydrogens (primary N) is 1. The van der Waals surface area contributed by atoms with Crippen LogP contribution >= 0.6 is 0 Å². The summed E-state index contributed by atoms with van der Waals surface area (Å²) in [5, 5.41) is 15.4. The molecule has 0 spiro atoms. The van der Waals surface area contributed by atoms with Crippen molar-refractivity contribution in [1.29, 1.82) is 0 Å². The zero-order chi connectivity index (χ0) is 44.3. The third kappa shape index (κ3) is 9.42. The van der Waals surface area contributed by atoms with E-state index in [2.05, 4.69) is 35.6 Å². The van der Waals surface area contributed by atoms with Crippen molar-refractivity contribution < 1.29 is 23.3 Å². The van der Waals surface area contributed by atoms with Crippen LogP contribution in [0.25, 0.3) is 33.8 Å². The summed E-state index contributed by atoms with van der Waals surface area (Å²) in [5.41, 5.74) is 11.0. The fourth-order valence-electron chi connectivity index (χ4n) is 9.36. The van der Waals surface area contributed by atoms with Gasteiger partial charge in [-0.2, -0.15) is 5.10 Å². The highest BCUT2D eigenvalue weighted by Gasteiger charge is 2.36. The van der Waals surface area contributed by atoms with Crippen LogP contribution in [0.2, 0.25) is 0 Å². The Balaban J connectivity index is 0.683. The number of aromatic nitrogens is 7. The van der Waals surface area contributed by atoms with Gasteiger partial charge < -0.3 is 25.4 Å². The van der Waals surface area contributed by atoms with Gasteiger partial charge in [0.2, 0.25) is 17.7 Å². The van der Waals surface area contributed by atoms with E-state index < -0.39 is 6.04 Å². The molecule has 0 unspecified atom stereocenters. The lowest BCUT2D eigenvalue weighted by atomic mass is 9.91. The number of anilines is 3. The number of hydrogen-bond donors (Lipinski definition) is 3. The Hall–Kier alpha value is -6.04. The molecule has 1 saturated carbocycles. The van der Waals surface area contributed by atoms with Gasteiger partial charge >= 0.3 is 0 Å². The van der Waals surface area contributed by atoms with E-state index in [9.17, 15) is 14.4 Å². The highest BCUT2D eigenvalue weighted by molar-refractivity contribution is 6.02. The zero-order valence-electron chi connectivity index (χ0n) is 36.8. The number of unbranched alkanes of at least 4 members (excludes halogenated alkanes) is 4. The molecule has 7 heterocycles. The molecule has 3 aliphatic heterocycles. The predicted molar refractivity (Wildman–Crippen MR) is 240 cm³/mol. The number of benzene rings is 1. The largest absolute Gasteiger partial charge is 0.383 e. The van der Waals surface area contributed by atoms with Crippen molar-refractivity contribution in [1.82, 2.24) is 50.0 Å². The van der Waals surface area contributed by atoms with Crippen LogP contribution in [0.4, 0.5) is 21.6 Å². The van der Waals surface area contributed by atoms with E-state index in [1.54, 1.807) is 12.1 Å². The number of likely N-dealkylation sites (tertiary alicyclic amines) is 1. The fourth-order valence-corrected chi connectivity index (χ4v) is 9.36. The van der Waals surface area contributed by atoms with Crippen molar-refractivity contribution in [3.8, 4) is 22.8 Å². The third-order valence-corrected chi connectivity index (χ3v) is 13.2. The topological polar surface area (TPSA) is 206 Å². The van der Waals surface area contributed by atoms with Crippen LogP contribution in [0.1, 0.15) is 120 Å². The Bertz CT molecular complexity index is 2470. The fraction of sp³-hybridized carbons (Fsp3) is 0.543. The van der Waals surface area contributed by atoms with Gasteiger partial charge in [0.25, 0.3) is 0 Å². The molecule has 5 aromatic rings. The first-order valence-corrected chi connectivity index (χ1v) is 23.1. The van der Waals surface area contributed by atoms with Crippen LogP contribution in [0.5, 0.6) is 0 Å². The van der Waals surface area contributed by atoms with Gasteiger partial charge in [-0.1, -0.05) is 24.4 Å². The van der Waals surface area contributed by atoms with E-state index >= 15 is 4.39 Å². The van der Waals surface area contributed by atoms with Gasteiger partial charge in [0.15, 0.2) is 17.2 Å². The molecule has 1 aromatic carbocycles. The number of amides is 3. The maximum absolute atomic E-state index is 15.1. The maximum Gasteiger partial charge on any atom is 0.249 e. The first kappa shape index (κ1) is 43.2. The highest BCUT2D eigenvalue weighted by Crippen LogP contribution is 2.48. The van der Waals surface area contributed by atoms with Crippen LogP contribution in [0, 0.1) is 5.82 Å². The molecule has 338 valence electrons. The molecule has 9 rings (SSSR count). The number of carbonyl (C=O) groups excluding carboxylic acids is 3. The normalized spacial score (nSPS) is 18.9. The summed E-state index contributed by atoms with van der Waals surface area (Å²) in [5.74, 6) is 1.45. The molecule has 0 bridgehead atoms. The van der Waals surface area contributed by atoms with E-state index in [1.807, 2.05) is 35.8 Å². The van der Waals surface area contributed by atoms with Gasteiger partial charge in [-0.15, -0.1) is 0 Å². The summed E-state index contributed by atoms with van der Waals surface area (Å²) in [6, 6.07) is 4.49. The molecule has 4 N–H and O–H groups in total. The molecule has 4 aromatic heterocycles. The van der Waals surface area contributed by atoms with Gasteiger partial charge in [0.05, 0.1) is 16.6 Å². The van der Waals surface area contributed by atoms with Crippen LogP contribution in [0.15, 0.2) is 41.4 Å². The summed E-state index contributed by atoms with van der Waals surface area (Å²) in [4.78, 5) is 61.7. The molecule has 1 atom stereocenters. The Morgan fingerprint density at radius 1 is 0.906 bits per heavy atom. The first-order chi connectivity index (χ1) is 31.1. The van der Waals surface area contributed by atoms with Crippen molar-refractivity contribution in [2.45, 2.75) is 115 Å². The molecule has 64 heavy (non-hydrogen) atoms. The number of nitrogens with zero attached hydrogens (tertiary/aromatic N) is 10. The van der Waals surface area contributed by atoms with Gasteiger partial charge in [0, 0.05) is 82.2 Å². The number of halogens is 1. The second kappa shape index (κ2) is 19.0. The zero-order valence-corrected chi connectivity index (χ0v) is 36.8. The van der Waals surface area contributed by atoms with Crippen LogP contribution in [-0.4, -0.2) is 114 Å². The molecule has 3 saturated heterocycles. The van der Waals surface area contributed by atoms with E-state index in [0.29, 0.717) is 58.3 Å². The molecule has 0 radical (unpaired) electrons. The first-order valence-electron chi connectivity index (χ1n) is 23.1. The monoisotopic (exact) mass is 875 g/mol. The number of nitrogen functional groups attached to an aromatic ring is 1. The summed E-state index contributed by atoms with van der Waals surface area (Å²) < 4.78 is 22.9. The minimum atomic E-state index is -0.546. The number of rotatable bonds is 16. The molecule has 1 aliphatic carbocycles. The summed E-state index contributed by atoms with van der Waals surface area (Å²) in [6.45, 7) is 9.81. The Morgan fingerprint density at radius 3 is 2.38 bits per heavy atom. The number of hydrogen-bond acceptors (Lipinski definition) is 14. The predicted octanol–water partition coefficient (Wildman–Crippen LogP) is 6.20. The van der Waals surface area contributed by atoms with Crippen LogP contribution in [-0.2, 0) is 14.4 Å². The van der Waals surface area contributed by atoms with E-state index in [1.165, 1.54) is 12.4 Å². The molecule has 17 nitrogen and oxygen atoms in total. The second-order valence-electron chi connectivity index (χ2n) is 18.0. The Kier molecular flexibility index (Phi) is 12.8. The Labute approximate surface area is 371 Å². The molecular formula is C46H58FN13O4. The van der Waals surface area contributed by atoms with Crippen LogP contribution in [0.3, 0.4) is 0 Å². The average Bonchev–Trinajstić information content (AvgIpc) is 3.92.